The molecular weight excluding hydrogens is 368 g/mol. The monoisotopic (exact) mass is 390 g/mol. The predicted octanol–water partition coefficient (Wildman–Crippen LogP) is 4.48. The molecule has 0 saturated heterocycles. The van der Waals surface area contributed by atoms with E-state index in [0.717, 1.165) is 41.5 Å². The number of hydrogen-bond donors (Lipinski definition) is 0. The molecule has 0 N–H and O–H groups in total. The Balaban J connectivity index is 1.79. The lowest BCUT2D eigenvalue weighted by Crippen LogP contribution is -2.12. The Morgan fingerprint density at radius 1 is 0.724 bits per heavy atom. The molecule has 0 amide bonds. The lowest BCUT2D eigenvalue weighted by molar-refractivity contribution is -0.112. The van der Waals surface area contributed by atoms with Gasteiger partial charge in [0, 0.05) is 11.1 Å². The predicted molar refractivity (Wildman–Crippen MR) is 110 cm³/mol. The number of benzene rings is 2. The number of carbonyl (C=O) groups excluding carboxylic acids is 3. The molecule has 0 radical (unpaired) electrons. The van der Waals surface area contributed by atoms with Crippen LogP contribution in [0, 0.1) is 0 Å². The van der Waals surface area contributed by atoms with Gasteiger partial charge in [0.05, 0.1) is 25.3 Å². The molecule has 2 aromatic carbocycles. The standard InChI is InChI=1S/C24H22O5/c1-28-23(26)18-10-6-16(7-11-18)14-20-4-3-5-21(22(20)25)15-17-8-12-19(13-9-17)24(27)29-2/h6-15H,3-5H2,1-2H3. The molecule has 5 nitrogen and oxygen atoms in total. The van der Waals surface area contributed by atoms with Crippen molar-refractivity contribution in [3.05, 3.63) is 81.9 Å². The van der Waals surface area contributed by atoms with E-state index in [-0.39, 0.29) is 17.7 Å². The number of Topliss-reactive ketones (excluding diaryl/α,β-unsaturated/α-hetero) is 1. The van der Waals surface area contributed by atoms with Gasteiger partial charge < -0.3 is 9.47 Å². The van der Waals surface area contributed by atoms with E-state index in [2.05, 4.69) is 0 Å². The average molecular weight is 390 g/mol. The third-order valence-corrected chi connectivity index (χ3v) is 4.82. The van der Waals surface area contributed by atoms with Crippen LogP contribution in [0.25, 0.3) is 12.2 Å². The number of ether oxygens (including phenoxy) is 2. The Morgan fingerprint density at radius 3 is 1.45 bits per heavy atom. The number of carbonyl (C=O) groups is 3. The molecule has 0 unspecified atom stereocenters. The van der Waals surface area contributed by atoms with E-state index < -0.39 is 0 Å². The number of esters is 2. The molecule has 5 heteroatoms. The van der Waals surface area contributed by atoms with Crippen molar-refractivity contribution in [3.8, 4) is 0 Å². The van der Waals surface area contributed by atoms with E-state index >= 15 is 0 Å². The summed E-state index contributed by atoms with van der Waals surface area (Å²) >= 11 is 0. The fraction of sp³-hybridized carbons (Fsp3) is 0.208. The Labute approximate surface area is 169 Å². The highest BCUT2D eigenvalue weighted by Crippen LogP contribution is 2.28. The first-order valence-electron chi connectivity index (χ1n) is 9.34. The van der Waals surface area contributed by atoms with Crippen LogP contribution in [0.5, 0.6) is 0 Å². The summed E-state index contributed by atoms with van der Waals surface area (Å²) in [6.45, 7) is 0. The minimum atomic E-state index is -0.388. The second-order valence-corrected chi connectivity index (χ2v) is 6.75. The molecule has 1 aliphatic carbocycles. The van der Waals surface area contributed by atoms with Crippen molar-refractivity contribution in [1.82, 2.24) is 0 Å². The van der Waals surface area contributed by atoms with E-state index in [1.165, 1.54) is 14.2 Å². The zero-order chi connectivity index (χ0) is 20.8. The van der Waals surface area contributed by atoms with Crippen molar-refractivity contribution in [2.24, 2.45) is 0 Å². The highest BCUT2D eigenvalue weighted by atomic mass is 16.5. The van der Waals surface area contributed by atoms with Gasteiger partial charge in [-0.1, -0.05) is 24.3 Å². The van der Waals surface area contributed by atoms with Crippen molar-refractivity contribution in [2.75, 3.05) is 14.2 Å². The molecule has 0 aromatic heterocycles. The minimum absolute atomic E-state index is 0.0327. The van der Waals surface area contributed by atoms with E-state index in [4.69, 9.17) is 9.47 Å². The van der Waals surface area contributed by atoms with Crippen molar-refractivity contribution in [2.45, 2.75) is 19.3 Å². The second-order valence-electron chi connectivity index (χ2n) is 6.75. The van der Waals surface area contributed by atoms with Crippen LogP contribution in [0.1, 0.15) is 51.1 Å². The van der Waals surface area contributed by atoms with E-state index in [9.17, 15) is 14.4 Å². The molecule has 0 heterocycles. The third-order valence-electron chi connectivity index (χ3n) is 4.82. The van der Waals surface area contributed by atoms with Gasteiger partial charge in [0.15, 0.2) is 5.78 Å². The van der Waals surface area contributed by atoms with Gasteiger partial charge in [-0.05, 0) is 66.8 Å². The zero-order valence-electron chi connectivity index (χ0n) is 16.4. The normalized spacial score (nSPS) is 16.7. The average Bonchev–Trinajstić information content (AvgIpc) is 2.76. The topological polar surface area (TPSA) is 69.7 Å². The van der Waals surface area contributed by atoms with E-state index in [0.29, 0.717) is 11.1 Å². The maximum atomic E-state index is 12.9. The molecule has 0 aliphatic heterocycles. The van der Waals surface area contributed by atoms with Gasteiger partial charge in [-0.15, -0.1) is 0 Å². The molecule has 148 valence electrons. The number of methoxy groups -OCH3 is 2. The quantitative estimate of drug-likeness (QED) is 0.569. The highest BCUT2D eigenvalue weighted by molar-refractivity contribution is 6.14. The summed E-state index contributed by atoms with van der Waals surface area (Å²) in [4.78, 5) is 36.0. The van der Waals surface area contributed by atoms with Gasteiger partial charge in [-0.3, -0.25) is 4.79 Å². The van der Waals surface area contributed by atoms with Crippen LogP contribution in [0.2, 0.25) is 0 Å². The fourth-order valence-corrected chi connectivity index (χ4v) is 3.25. The van der Waals surface area contributed by atoms with Gasteiger partial charge >= 0.3 is 11.9 Å². The van der Waals surface area contributed by atoms with Gasteiger partial charge in [-0.25, -0.2) is 9.59 Å². The largest absolute Gasteiger partial charge is 0.465 e. The van der Waals surface area contributed by atoms with Gasteiger partial charge in [-0.2, -0.15) is 0 Å². The molecule has 1 fully saturated rings. The molecule has 1 saturated carbocycles. The molecule has 29 heavy (non-hydrogen) atoms. The fourth-order valence-electron chi connectivity index (χ4n) is 3.25. The maximum Gasteiger partial charge on any atom is 0.337 e. The van der Waals surface area contributed by atoms with Crippen LogP contribution >= 0.6 is 0 Å². The summed E-state index contributed by atoms with van der Waals surface area (Å²) in [5.74, 6) is -0.742. The zero-order valence-corrected chi connectivity index (χ0v) is 16.4. The van der Waals surface area contributed by atoms with E-state index in [1.807, 2.05) is 12.2 Å². The third kappa shape index (κ3) is 4.88. The summed E-state index contributed by atoms with van der Waals surface area (Å²) < 4.78 is 9.40. The van der Waals surface area contributed by atoms with E-state index in [1.54, 1.807) is 48.5 Å². The molecular formula is C24H22O5. The van der Waals surface area contributed by atoms with Crippen LogP contribution in [0.15, 0.2) is 59.7 Å². The molecule has 0 spiro atoms. The van der Waals surface area contributed by atoms with Crippen LogP contribution in [-0.2, 0) is 14.3 Å². The Bertz CT molecular complexity index is 899. The molecule has 0 atom stereocenters. The van der Waals surface area contributed by atoms with Gasteiger partial charge in [0.1, 0.15) is 0 Å². The van der Waals surface area contributed by atoms with Crippen LogP contribution < -0.4 is 0 Å². The van der Waals surface area contributed by atoms with Crippen LogP contribution in [0.3, 0.4) is 0 Å². The molecule has 0 bridgehead atoms. The first kappa shape index (κ1) is 20.3. The number of ketones is 1. The van der Waals surface area contributed by atoms with Crippen molar-refractivity contribution < 1.29 is 23.9 Å². The smallest absolute Gasteiger partial charge is 0.337 e. The number of rotatable bonds is 4. The lowest BCUT2D eigenvalue weighted by Gasteiger charge is -2.16. The summed E-state index contributed by atoms with van der Waals surface area (Å²) in [5.41, 5.74) is 4.18. The second kappa shape index (κ2) is 9.15. The van der Waals surface area contributed by atoms with Gasteiger partial charge in [0.25, 0.3) is 0 Å². The maximum absolute atomic E-state index is 12.9. The number of hydrogen-bond acceptors (Lipinski definition) is 5. The summed E-state index contributed by atoms with van der Waals surface area (Å²) in [5, 5.41) is 0. The summed E-state index contributed by atoms with van der Waals surface area (Å²) in [6.07, 6.45) is 6.07. The highest BCUT2D eigenvalue weighted by Gasteiger charge is 2.20. The Hall–Kier alpha value is -3.47. The van der Waals surface area contributed by atoms with Crippen molar-refractivity contribution in [3.63, 3.8) is 0 Å². The summed E-state index contributed by atoms with van der Waals surface area (Å²) in [6, 6.07) is 13.9. The molecule has 2 aromatic rings. The SMILES string of the molecule is COC(=O)c1ccc(C=C2CCCC(=Cc3ccc(C(=O)OC)cc3)C2=O)cc1. The first-order valence-corrected chi connectivity index (χ1v) is 9.34. The molecule has 1 aliphatic rings. The Morgan fingerprint density at radius 2 is 1.10 bits per heavy atom. The molecule has 3 rings (SSSR count). The van der Waals surface area contributed by atoms with Gasteiger partial charge in [0.2, 0.25) is 0 Å². The van der Waals surface area contributed by atoms with Crippen molar-refractivity contribution in [1.29, 1.82) is 0 Å². The summed E-state index contributed by atoms with van der Waals surface area (Å²) in [7, 11) is 2.69. The van der Waals surface area contributed by atoms with Crippen LogP contribution in [0.4, 0.5) is 0 Å². The lowest BCUT2D eigenvalue weighted by atomic mass is 9.86. The van der Waals surface area contributed by atoms with Crippen LogP contribution in [-0.4, -0.2) is 31.9 Å². The minimum Gasteiger partial charge on any atom is -0.465 e. The first-order chi connectivity index (χ1) is 14.0. The van der Waals surface area contributed by atoms with Crippen molar-refractivity contribution >= 4 is 29.9 Å². The Kier molecular flexibility index (Phi) is 6.39. The number of allylic oxidation sites excluding steroid dienone is 2.